The average Bonchev–Trinajstić information content (AvgIpc) is 2.55. The third-order valence-corrected chi connectivity index (χ3v) is 1.29. The summed E-state index contributed by atoms with van der Waals surface area (Å²) in [6.07, 6.45) is 4.73. The van der Waals surface area contributed by atoms with E-state index < -0.39 is 0 Å². The normalized spacial score (nSPS) is 10.2. The van der Waals surface area contributed by atoms with E-state index in [4.69, 9.17) is 5.73 Å². The van der Waals surface area contributed by atoms with Gasteiger partial charge in [-0.1, -0.05) is 5.16 Å². The second-order valence-electron chi connectivity index (χ2n) is 2.06. The van der Waals surface area contributed by atoms with Crippen molar-refractivity contribution in [2.45, 2.75) is 0 Å². The van der Waals surface area contributed by atoms with Crippen molar-refractivity contribution in [2.75, 3.05) is 5.73 Å². The van der Waals surface area contributed by atoms with Crippen molar-refractivity contribution in [1.82, 2.24) is 14.7 Å². The summed E-state index contributed by atoms with van der Waals surface area (Å²) in [5.74, 6) is 1.14. The number of aromatic nitrogens is 3. The van der Waals surface area contributed by atoms with Crippen molar-refractivity contribution in [3.8, 4) is 5.82 Å². The zero-order valence-corrected chi connectivity index (χ0v) is 5.64. The monoisotopic (exact) mass is 150 g/mol. The van der Waals surface area contributed by atoms with Crippen LogP contribution in [0, 0.1) is 0 Å². The number of imidazole rings is 1. The molecule has 0 bridgehead atoms. The summed E-state index contributed by atoms with van der Waals surface area (Å²) >= 11 is 0. The van der Waals surface area contributed by atoms with E-state index in [0.29, 0.717) is 11.6 Å². The summed E-state index contributed by atoms with van der Waals surface area (Å²) in [5, 5.41) is 3.69. The number of nitrogens with two attached hydrogens (primary N) is 1. The van der Waals surface area contributed by atoms with Crippen LogP contribution < -0.4 is 5.73 Å². The van der Waals surface area contributed by atoms with Crippen molar-refractivity contribution in [3.63, 3.8) is 0 Å². The molecule has 0 aliphatic heterocycles. The Morgan fingerprint density at radius 2 is 2.45 bits per heavy atom. The van der Waals surface area contributed by atoms with Gasteiger partial charge >= 0.3 is 0 Å². The predicted octanol–water partition coefficient (Wildman–Crippen LogP) is 0.443. The molecule has 0 saturated heterocycles. The summed E-state index contributed by atoms with van der Waals surface area (Å²) in [7, 11) is 0. The lowest BCUT2D eigenvalue weighted by atomic mass is 10.6. The summed E-state index contributed by atoms with van der Waals surface area (Å²) in [5.41, 5.74) is 5.39. The van der Waals surface area contributed by atoms with Crippen LogP contribution in [0.15, 0.2) is 29.4 Å². The van der Waals surface area contributed by atoms with E-state index in [2.05, 4.69) is 14.7 Å². The Morgan fingerprint density at radius 1 is 1.55 bits per heavy atom. The molecule has 0 aliphatic carbocycles. The van der Waals surface area contributed by atoms with Crippen LogP contribution in [0.25, 0.3) is 5.82 Å². The molecule has 0 aliphatic rings. The average molecular weight is 150 g/mol. The summed E-state index contributed by atoms with van der Waals surface area (Å²) in [6, 6.07) is 1.72. The Morgan fingerprint density at radius 3 is 3.00 bits per heavy atom. The molecule has 0 radical (unpaired) electrons. The van der Waals surface area contributed by atoms with Gasteiger partial charge in [-0.3, -0.25) is 4.57 Å². The first-order valence-electron chi connectivity index (χ1n) is 3.06. The molecule has 0 spiro atoms. The molecule has 5 heteroatoms. The molecule has 2 N–H and O–H groups in total. The number of hydrogen-bond acceptors (Lipinski definition) is 4. The van der Waals surface area contributed by atoms with Gasteiger partial charge in [-0.15, -0.1) is 0 Å². The highest BCUT2D eigenvalue weighted by Gasteiger charge is 1.98. The zero-order valence-electron chi connectivity index (χ0n) is 5.64. The van der Waals surface area contributed by atoms with Gasteiger partial charge in [-0.05, 0) is 0 Å². The second kappa shape index (κ2) is 2.12. The number of anilines is 1. The molecule has 5 nitrogen and oxygen atoms in total. The molecule has 2 aromatic heterocycles. The molecule has 56 valence electrons. The molecule has 2 aromatic rings. The third-order valence-electron chi connectivity index (χ3n) is 1.29. The number of nitrogens with zero attached hydrogens (tertiary/aromatic N) is 3. The van der Waals surface area contributed by atoms with Gasteiger partial charge in [-0.25, -0.2) is 4.98 Å². The maximum absolute atomic E-state index is 5.39. The van der Waals surface area contributed by atoms with Gasteiger partial charge < -0.3 is 10.3 Å². The largest absolute Gasteiger partial charge is 0.382 e. The highest BCUT2D eigenvalue weighted by Crippen LogP contribution is 2.05. The molecule has 0 aromatic carbocycles. The molecule has 11 heavy (non-hydrogen) atoms. The summed E-state index contributed by atoms with van der Waals surface area (Å²) in [6.45, 7) is 0. The Bertz CT molecular complexity index is 337. The van der Waals surface area contributed by atoms with Gasteiger partial charge in [0.05, 0.1) is 6.20 Å². The van der Waals surface area contributed by atoms with Crippen molar-refractivity contribution >= 4 is 5.82 Å². The molecule has 0 atom stereocenters. The Hall–Kier alpha value is -1.78. The smallest absolute Gasteiger partial charge is 0.181 e. The fraction of sp³-hybridized carbons (Fsp3) is 0. The van der Waals surface area contributed by atoms with Crippen LogP contribution in [-0.2, 0) is 0 Å². The van der Waals surface area contributed by atoms with Crippen LogP contribution in [0.1, 0.15) is 0 Å². The van der Waals surface area contributed by atoms with Crippen molar-refractivity contribution in [2.24, 2.45) is 0 Å². The van der Waals surface area contributed by atoms with Gasteiger partial charge in [0, 0.05) is 6.07 Å². The maximum Gasteiger partial charge on any atom is 0.181 e. The van der Waals surface area contributed by atoms with Crippen LogP contribution >= 0.6 is 0 Å². The molecule has 0 unspecified atom stereocenters. The minimum absolute atomic E-state index is 0.466. The fourth-order valence-corrected chi connectivity index (χ4v) is 0.803. The van der Waals surface area contributed by atoms with Gasteiger partial charge in [0.25, 0.3) is 0 Å². The lowest BCUT2D eigenvalue weighted by Crippen LogP contribution is -1.88. The van der Waals surface area contributed by atoms with Crippen LogP contribution in [0.4, 0.5) is 5.82 Å². The first-order chi connectivity index (χ1) is 5.36. The first kappa shape index (κ1) is 5.96. The summed E-state index contributed by atoms with van der Waals surface area (Å²) < 4.78 is 6.32. The number of rotatable bonds is 1. The first-order valence-corrected chi connectivity index (χ1v) is 3.06. The van der Waals surface area contributed by atoms with Crippen molar-refractivity contribution in [1.29, 1.82) is 0 Å². The Labute approximate surface area is 62.4 Å². The summed E-state index contributed by atoms with van der Waals surface area (Å²) in [4.78, 5) is 3.83. The standard InChI is InChI=1S/C6H6N4O/c7-5-3-10(4-8-5)6-1-2-11-9-6/h1-4H,7H2. The molecular formula is C6H6N4O. The third kappa shape index (κ3) is 0.958. The van der Waals surface area contributed by atoms with Crippen molar-refractivity contribution in [3.05, 3.63) is 24.9 Å². The molecule has 0 saturated carbocycles. The Kier molecular flexibility index (Phi) is 1.15. The molecule has 0 fully saturated rings. The highest BCUT2D eigenvalue weighted by atomic mass is 16.5. The van der Waals surface area contributed by atoms with Crippen LogP contribution in [0.3, 0.4) is 0 Å². The van der Waals surface area contributed by atoms with Gasteiger partial charge in [0.1, 0.15) is 18.4 Å². The maximum atomic E-state index is 5.39. The Balaban J connectivity index is 2.45. The van der Waals surface area contributed by atoms with Gasteiger partial charge in [-0.2, -0.15) is 0 Å². The van der Waals surface area contributed by atoms with Crippen LogP contribution in [0.2, 0.25) is 0 Å². The minimum atomic E-state index is 0.466. The predicted molar refractivity (Wildman–Crippen MR) is 38.0 cm³/mol. The number of nitrogen functional groups attached to an aromatic ring is 1. The highest BCUT2D eigenvalue weighted by molar-refractivity contribution is 5.29. The van der Waals surface area contributed by atoms with Crippen LogP contribution in [0.5, 0.6) is 0 Å². The SMILES string of the molecule is Nc1cn(-c2ccon2)cn1. The van der Waals surface area contributed by atoms with Crippen molar-refractivity contribution < 1.29 is 4.52 Å². The lowest BCUT2D eigenvalue weighted by Gasteiger charge is -1.89. The fourth-order valence-electron chi connectivity index (χ4n) is 0.803. The minimum Gasteiger partial charge on any atom is -0.382 e. The lowest BCUT2D eigenvalue weighted by molar-refractivity contribution is 0.416. The molecule has 0 amide bonds. The van der Waals surface area contributed by atoms with Gasteiger partial charge in [0.15, 0.2) is 5.82 Å². The topological polar surface area (TPSA) is 69.9 Å². The zero-order chi connectivity index (χ0) is 7.68. The van der Waals surface area contributed by atoms with E-state index in [1.165, 1.54) is 6.26 Å². The van der Waals surface area contributed by atoms with Crippen LogP contribution in [-0.4, -0.2) is 14.7 Å². The molecule has 2 rings (SSSR count). The quantitative estimate of drug-likeness (QED) is 0.640. The van der Waals surface area contributed by atoms with Gasteiger partial charge in [0.2, 0.25) is 0 Å². The number of hydrogen-bond donors (Lipinski definition) is 1. The van der Waals surface area contributed by atoms with E-state index in [1.54, 1.807) is 23.2 Å². The van der Waals surface area contributed by atoms with E-state index >= 15 is 0 Å². The molecule has 2 heterocycles. The van der Waals surface area contributed by atoms with E-state index in [9.17, 15) is 0 Å². The van der Waals surface area contributed by atoms with E-state index in [-0.39, 0.29) is 0 Å². The second-order valence-corrected chi connectivity index (χ2v) is 2.06. The molecular weight excluding hydrogens is 144 g/mol. The van der Waals surface area contributed by atoms with E-state index in [1.807, 2.05) is 0 Å². The van der Waals surface area contributed by atoms with E-state index in [0.717, 1.165) is 0 Å².